The Labute approximate surface area is 194 Å². The predicted octanol–water partition coefficient (Wildman–Crippen LogP) is 6.50. The van der Waals surface area contributed by atoms with E-state index in [-0.39, 0.29) is 12.1 Å². The molecule has 0 spiro atoms. The molecular formula is C29H42O3. The van der Waals surface area contributed by atoms with Crippen molar-refractivity contribution in [3.63, 3.8) is 0 Å². The van der Waals surface area contributed by atoms with Crippen LogP contribution in [0, 0.1) is 46.3 Å². The van der Waals surface area contributed by atoms with Gasteiger partial charge in [0.15, 0.2) is 0 Å². The van der Waals surface area contributed by atoms with E-state index in [9.17, 15) is 9.90 Å². The van der Waals surface area contributed by atoms with E-state index >= 15 is 0 Å². The van der Waals surface area contributed by atoms with E-state index in [2.05, 4.69) is 20.8 Å². The third-order valence-corrected chi connectivity index (χ3v) is 10.9. The topological polar surface area (TPSA) is 46.5 Å². The van der Waals surface area contributed by atoms with Crippen molar-refractivity contribution in [1.82, 2.24) is 0 Å². The second-order valence-corrected chi connectivity index (χ2v) is 12.2. The molecule has 0 amide bonds. The highest BCUT2D eigenvalue weighted by molar-refractivity contribution is 5.89. The number of hydrogen-bond acceptors (Lipinski definition) is 3. The first-order valence-corrected chi connectivity index (χ1v) is 13.2. The molecule has 1 aromatic carbocycles. The molecule has 0 heterocycles. The summed E-state index contributed by atoms with van der Waals surface area (Å²) in [6, 6.07) is 9.48. The number of fused-ring (bicyclic) bond motifs is 5. The van der Waals surface area contributed by atoms with Crippen LogP contribution in [0.15, 0.2) is 30.3 Å². The van der Waals surface area contributed by atoms with E-state index in [1.54, 1.807) is 0 Å². The Hall–Kier alpha value is -1.35. The molecule has 1 aromatic rings. The Balaban J connectivity index is 1.33. The van der Waals surface area contributed by atoms with Crippen LogP contribution in [-0.2, 0) is 4.74 Å². The Kier molecular flexibility index (Phi) is 5.93. The van der Waals surface area contributed by atoms with Gasteiger partial charge in [-0.1, -0.05) is 39.0 Å². The summed E-state index contributed by atoms with van der Waals surface area (Å²) in [4.78, 5) is 12.7. The van der Waals surface area contributed by atoms with Crippen LogP contribution in [0.4, 0.5) is 0 Å². The fourth-order valence-corrected chi connectivity index (χ4v) is 9.30. The van der Waals surface area contributed by atoms with Gasteiger partial charge in [-0.2, -0.15) is 0 Å². The maximum absolute atomic E-state index is 12.7. The van der Waals surface area contributed by atoms with Gasteiger partial charge in [-0.15, -0.1) is 0 Å². The molecule has 9 atom stereocenters. The van der Waals surface area contributed by atoms with Gasteiger partial charge in [-0.3, -0.25) is 0 Å². The summed E-state index contributed by atoms with van der Waals surface area (Å²) < 4.78 is 6.07. The standard InChI is InChI=1S/C29H42O3/c1-19(18-30)24-13-14-25-23-12-10-21-9-11-22(32-27(31)20-7-5-4-6-8-20)17-29(21,3)26(23)15-16-28(24,25)2/h4-8,19,21-26,30H,9-18H2,1-3H3/t19?,21?,22?,23-,24+,25-,26-,28+,29-/m0/s1. The van der Waals surface area contributed by atoms with Crippen molar-refractivity contribution in [2.75, 3.05) is 6.61 Å². The minimum Gasteiger partial charge on any atom is -0.459 e. The molecule has 3 heteroatoms. The molecule has 176 valence electrons. The lowest BCUT2D eigenvalue weighted by Crippen LogP contribution is -2.54. The number of hydrogen-bond donors (Lipinski definition) is 1. The van der Waals surface area contributed by atoms with Crippen LogP contribution in [0.3, 0.4) is 0 Å². The molecule has 5 rings (SSSR count). The summed E-state index contributed by atoms with van der Waals surface area (Å²) in [5.41, 5.74) is 1.37. The largest absolute Gasteiger partial charge is 0.459 e. The van der Waals surface area contributed by atoms with Gasteiger partial charge in [0, 0.05) is 6.61 Å². The average Bonchev–Trinajstić information content (AvgIpc) is 3.16. The van der Waals surface area contributed by atoms with Crippen LogP contribution in [0.2, 0.25) is 0 Å². The van der Waals surface area contributed by atoms with Gasteiger partial charge in [-0.25, -0.2) is 4.79 Å². The molecule has 0 aliphatic heterocycles. The summed E-state index contributed by atoms with van der Waals surface area (Å²) in [7, 11) is 0. The molecule has 0 saturated heterocycles. The second kappa shape index (κ2) is 8.46. The number of carbonyl (C=O) groups is 1. The fourth-order valence-electron chi connectivity index (χ4n) is 9.30. The van der Waals surface area contributed by atoms with E-state index in [0.717, 1.165) is 36.5 Å². The molecule has 4 aliphatic carbocycles. The van der Waals surface area contributed by atoms with Crippen molar-refractivity contribution < 1.29 is 14.6 Å². The Bertz CT molecular complexity index is 821. The highest BCUT2D eigenvalue weighted by Gasteiger charge is 2.61. The molecule has 1 N–H and O–H groups in total. The SMILES string of the molecule is CC(CO)[C@H]1CC[C@H]2[C@@H]3CCC4CCC(OC(=O)c5ccccc5)C[C@]4(C)[C@H]3CC[C@]12C. The van der Waals surface area contributed by atoms with Crippen molar-refractivity contribution >= 4 is 5.97 Å². The van der Waals surface area contributed by atoms with Gasteiger partial charge < -0.3 is 9.84 Å². The summed E-state index contributed by atoms with van der Waals surface area (Å²) in [5, 5.41) is 9.87. The number of rotatable bonds is 4. The van der Waals surface area contributed by atoms with Gasteiger partial charge in [0.1, 0.15) is 6.10 Å². The number of esters is 1. The van der Waals surface area contributed by atoms with Crippen LogP contribution in [0.1, 0.15) is 88.9 Å². The molecule has 3 nitrogen and oxygen atoms in total. The molecule has 4 fully saturated rings. The lowest BCUT2D eigenvalue weighted by Gasteiger charge is -2.61. The van der Waals surface area contributed by atoms with Crippen molar-refractivity contribution in [3.05, 3.63) is 35.9 Å². The smallest absolute Gasteiger partial charge is 0.338 e. The summed E-state index contributed by atoms with van der Waals surface area (Å²) in [5.74, 6) is 4.12. The minimum atomic E-state index is -0.155. The molecule has 4 saturated carbocycles. The predicted molar refractivity (Wildman–Crippen MR) is 127 cm³/mol. The Morgan fingerprint density at radius 3 is 2.47 bits per heavy atom. The van der Waals surface area contributed by atoms with Crippen LogP contribution >= 0.6 is 0 Å². The molecule has 32 heavy (non-hydrogen) atoms. The zero-order valence-electron chi connectivity index (χ0n) is 20.3. The number of ether oxygens (including phenoxy) is 1. The average molecular weight is 439 g/mol. The molecule has 4 aliphatic rings. The van der Waals surface area contributed by atoms with E-state index in [1.165, 1.54) is 44.9 Å². The highest BCUT2D eigenvalue weighted by Crippen LogP contribution is 2.68. The minimum absolute atomic E-state index is 0.0572. The molecule has 0 bridgehead atoms. The van der Waals surface area contributed by atoms with E-state index < -0.39 is 0 Å². The monoisotopic (exact) mass is 438 g/mol. The van der Waals surface area contributed by atoms with Gasteiger partial charge in [0.2, 0.25) is 0 Å². The maximum atomic E-state index is 12.7. The lowest BCUT2D eigenvalue weighted by molar-refractivity contribution is -0.134. The van der Waals surface area contributed by atoms with E-state index in [4.69, 9.17) is 4.74 Å². The third-order valence-electron chi connectivity index (χ3n) is 10.9. The molecular weight excluding hydrogens is 396 g/mol. The lowest BCUT2D eigenvalue weighted by atomic mass is 9.44. The van der Waals surface area contributed by atoms with Crippen LogP contribution < -0.4 is 0 Å². The molecule has 0 radical (unpaired) electrons. The zero-order chi connectivity index (χ0) is 22.5. The van der Waals surface area contributed by atoms with Crippen LogP contribution in [0.25, 0.3) is 0 Å². The van der Waals surface area contributed by atoms with Gasteiger partial charge >= 0.3 is 5.97 Å². The first kappa shape index (κ1) is 22.4. The molecule has 3 unspecified atom stereocenters. The van der Waals surface area contributed by atoms with Gasteiger partial charge in [0.25, 0.3) is 0 Å². The number of carbonyl (C=O) groups excluding carboxylic acids is 1. The first-order valence-electron chi connectivity index (χ1n) is 13.2. The van der Waals surface area contributed by atoms with E-state index in [0.29, 0.717) is 34.8 Å². The van der Waals surface area contributed by atoms with Crippen molar-refractivity contribution in [3.8, 4) is 0 Å². The Morgan fingerprint density at radius 1 is 1.00 bits per heavy atom. The quantitative estimate of drug-likeness (QED) is 0.546. The van der Waals surface area contributed by atoms with E-state index in [1.807, 2.05) is 30.3 Å². The number of benzene rings is 1. The van der Waals surface area contributed by atoms with Crippen LogP contribution in [-0.4, -0.2) is 23.8 Å². The second-order valence-electron chi connectivity index (χ2n) is 12.2. The van der Waals surface area contributed by atoms with Crippen molar-refractivity contribution in [2.45, 2.75) is 84.7 Å². The number of aliphatic hydroxyl groups excluding tert-OH is 1. The summed E-state index contributed by atoms with van der Waals surface area (Å²) >= 11 is 0. The summed E-state index contributed by atoms with van der Waals surface area (Å²) in [6.07, 6.45) is 11.3. The Morgan fingerprint density at radius 2 is 1.72 bits per heavy atom. The first-order chi connectivity index (χ1) is 15.4. The fraction of sp³-hybridized carbons (Fsp3) is 0.759. The summed E-state index contributed by atoms with van der Waals surface area (Å²) in [6.45, 7) is 7.69. The zero-order valence-corrected chi connectivity index (χ0v) is 20.3. The third kappa shape index (κ3) is 3.54. The highest BCUT2D eigenvalue weighted by atomic mass is 16.5. The van der Waals surface area contributed by atoms with Crippen molar-refractivity contribution in [1.29, 1.82) is 0 Å². The van der Waals surface area contributed by atoms with Gasteiger partial charge in [-0.05, 0) is 116 Å². The maximum Gasteiger partial charge on any atom is 0.338 e. The van der Waals surface area contributed by atoms with Crippen LogP contribution in [0.5, 0.6) is 0 Å². The normalized spacial score (nSPS) is 44.1. The van der Waals surface area contributed by atoms with Gasteiger partial charge in [0.05, 0.1) is 5.56 Å². The molecule has 0 aromatic heterocycles. The number of aliphatic hydroxyl groups is 1. The van der Waals surface area contributed by atoms with Crippen molar-refractivity contribution in [2.24, 2.45) is 46.3 Å².